The van der Waals surface area contributed by atoms with Crippen molar-refractivity contribution in [2.24, 2.45) is 0 Å². The van der Waals surface area contributed by atoms with Crippen LogP contribution in [0.5, 0.6) is 0 Å². The lowest BCUT2D eigenvalue weighted by Crippen LogP contribution is -2.31. The first kappa shape index (κ1) is 19.3. The topological polar surface area (TPSA) is 76.0 Å². The summed E-state index contributed by atoms with van der Waals surface area (Å²) in [6.45, 7) is 5.28. The molecule has 0 saturated heterocycles. The van der Waals surface area contributed by atoms with E-state index >= 15 is 0 Å². The van der Waals surface area contributed by atoms with E-state index in [9.17, 15) is 9.59 Å². The average molecular weight is 361 g/mol. The fraction of sp³-hybridized carbons (Fsp3) is 0.444. The molecule has 0 bridgehead atoms. The number of fused-ring (bicyclic) bond motifs is 1. The first-order valence-electron chi connectivity index (χ1n) is 8.44. The number of amides is 2. The molecule has 2 amide bonds. The minimum absolute atomic E-state index is 0.00171. The second-order valence-corrected chi connectivity index (χ2v) is 7.04. The van der Waals surface area contributed by atoms with Gasteiger partial charge in [-0.05, 0) is 32.4 Å². The maximum absolute atomic E-state index is 11.8. The number of carbonyl (C=O) groups is 2. The van der Waals surface area contributed by atoms with Crippen LogP contribution in [0.2, 0.25) is 0 Å². The average Bonchev–Trinajstić information content (AvgIpc) is 2.98. The Bertz CT molecular complexity index is 699. The normalized spacial score (nSPS) is 11.0. The Morgan fingerprint density at radius 3 is 2.92 bits per heavy atom. The summed E-state index contributed by atoms with van der Waals surface area (Å²) in [5, 5.41) is 5.69. The zero-order valence-electron chi connectivity index (χ0n) is 14.7. The van der Waals surface area contributed by atoms with Gasteiger partial charge in [0.15, 0.2) is 0 Å². The van der Waals surface area contributed by atoms with Gasteiger partial charge in [0.2, 0.25) is 11.8 Å². The van der Waals surface area contributed by atoms with E-state index in [0.717, 1.165) is 24.0 Å². The van der Waals surface area contributed by atoms with Crippen molar-refractivity contribution in [3.05, 3.63) is 37.0 Å². The summed E-state index contributed by atoms with van der Waals surface area (Å²) in [6.07, 6.45) is 4.25. The number of nitrogens with zero attached hydrogens (tertiary/aromatic N) is 2. The number of carbonyl (C=O) groups excluding carboxylic acids is 2. The van der Waals surface area contributed by atoms with E-state index in [2.05, 4.69) is 20.2 Å². The number of rotatable bonds is 10. The third-order valence-corrected chi connectivity index (χ3v) is 4.34. The molecule has 1 radical (unpaired) electrons. The van der Waals surface area contributed by atoms with E-state index in [0.29, 0.717) is 18.1 Å². The summed E-state index contributed by atoms with van der Waals surface area (Å²) in [4.78, 5) is 27.6. The number of imidazole rings is 1. The highest BCUT2D eigenvalue weighted by Gasteiger charge is 2.06. The van der Waals surface area contributed by atoms with E-state index in [1.54, 1.807) is 6.42 Å². The van der Waals surface area contributed by atoms with Crippen LogP contribution in [0.3, 0.4) is 0 Å². The third kappa shape index (κ3) is 6.78. The first-order valence-corrected chi connectivity index (χ1v) is 9.59. The summed E-state index contributed by atoms with van der Waals surface area (Å²) in [5.41, 5.74) is 2.10. The molecule has 1 aromatic heterocycles. The van der Waals surface area contributed by atoms with Crippen LogP contribution in [0.15, 0.2) is 30.6 Å². The number of aryl methyl sites for hydroxylation is 1. The molecular weight excluding hydrogens is 336 g/mol. The Kier molecular flexibility index (Phi) is 7.78. The highest BCUT2D eigenvalue weighted by Crippen LogP contribution is 2.11. The van der Waals surface area contributed by atoms with Gasteiger partial charge in [-0.25, -0.2) is 4.98 Å². The molecule has 135 valence electrons. The van der Waals surface area contributed by atoms with E-state index in [1.807, 2.05) is 44.4 Å². The SMILES string of the molecule is CC(C)NC(=O)[CH]CSCC(=O)NCCCn1cnc2ccccc21. The van der Waals surface area contributed by atoms with Gasteiger partial charge in [0.05, 0.1) is 29.5 Å². The number of hydrogen-bond acceptors (Lipinski definition) is 4. The zero-order chi connectivity index (χ0) is 18.1. The highest BCUT2D eigenvalue weighted by atomic mass is 32.2. The fourth-order valence-corrected chi connectivity index (χ4v) is 3.02. The lowest BCUT2D eigenvalue weighted by molar-refractivity contribution is -0.119. The molecule has 0 aliphatic heterocycles. The monoisotopic (exact) mass is 361 g/mol. The van der Waals surface area contributed by atoms with Gasteiger partial charge in [-0.3, -0.25) is 9.59 Å². The molecule has 1 aromatic carbocycles. The lowest BCUT2D eigenvalue weighted by Gasteiger charge is -2.08. The number of aromatic nitrogens is 2. The Morgan fingerprint density at radius 1 is 1.32 bits per heavy atom. The van der Waals surface area contributed by atoms with Gasteiger partial charge >= 0.3 is 0 Å². The fourth-order valence-electron chi connectivity index (χ4n) is 2.35. The predicted octanol–water partition coefficient (Wildman–Crippen LogP) is 2.00. The molecule has 2 aromatic rings. The van der Waals surface area contributed by atoms with Crippen LogP contribution >= 0.6 is 11.8 Å². The molecule has 2 rings (SSSR count). The summed E-state index contributed by atoms with van der Waals surface area (Å²) in [7, 11) is 0. The first-order chi connectivity index (χ1) is 12.1. The van der Waals surface area contributed by atoms with Gasteiger partial charge in [0.1, 0.15) is 0 Å². The summed E-state index contributed by atoms with van der Waals surface area (Å²) in [5.74, 6) is 0.806. The largest absolute Gasteiger partial charge is 0.355 e. The molecule has 0 saturated carbocycles. The second kappa shape index (κ2) is 10.1. The molecule has 0 aliphatic carbocycles. The van der Waals surface area contributed by atoms with E-state index < -0.39 is 0 Å². The molecule has 0 spiro atoms. The van der Waals surface area contributed by atoms with Crippen molar-refractivity contribution in [2.75, 3.05) is 18.1 Å². The van der Waals surface area contributed by atoms with Crippen LogP contribution in [0.25, 0.3) is 11.0 Å². The molecule has 2 N–H and O–H groups in total. The standard InChI is InChI=1S/C18H25N4O2S/c1-14(2)21-17(23)8-11-25-12-18(24)19-9-5-10-22-13-20-15-6-3-4-7-16(15)22/h3-4,6-8,13-14H,5,9-12H2,1-2H3,(H,19,24)(H,21,23). The Morgan fingerprint density at radius 2 is 2.12 bits per heavy atom. The summed E-state index contributed by atoms with van der Waals surface area (Å²) < 4.78 is 2.10. The van der Waals surface area contributed by atoms with Gasteiger partial charge in [-0.2, -0.15) is 11.8 Å². The number of para-hydroxylation sites is 2. The van der Waals surface area contributed by atoms with Crippen LogP contribution in [-0.2, 0) is 16.1 Å². The van der Waals surface area contributed by atoms with Crippen LogP contribution in [0, 0.1) is 6.42 Å². The Labute approximate surface area is 152 Å². The lowest BCUT2D eigenvalue weighted by atomic mass is 10.3. The molecule has 0 aliphatic rings. The maximum Gasteiger partial charge on any atom is 0.229 e. The minimum atomic E-state index is -0.0875. The Hall–Kier alpha value is -2.02. The van der Waals surface area contributed by atoms with Crippen molar-refractivity contribution >= 4 is 34.6 Å². The number of benzene rings is 1. The van der Waals surface area contributed by atoms with Gasteiger partial charge in [0, 0.05) is 24.9 Å². The van der Waals surface area contributed by atoms with E-state index in [1.165, 1.54) is 11.8 Å². The maximum atomic E-state index is 11.8. The molecular formula is C18H25N4O2S. The number of thioether (sulfide) groups is 1. The van der Waals surface area contributed by atoms with Gasteiger partial charge in [0.25, 0.3) is 0 Å². The van der Waals surface area contributed by atoms with E-state index in [-0.39, 0.29) is 17.9 Å². The summed E-state index contributed by atoms with van der Waals surface area (Å²) in [6, 6.07) is 8.14. The second-order valence-electron chi connectivity index (χ2n) is 6.01. The van der Waals surface area contributed by atoms with Gasteiger partial charge < -0.3 is 15.2 Å². The Balaban J connectivity index is 1.56. The van der Waals surface area contributed by atoms with Crippen LogP contribution in [0.1, 0.15) is 20.3 Å². The van der Waals surface area contributed by atoms with Crippen LogP contribution in [0.4, 0.5) is 0 Å². The van der Waals surface area contributed by atoms with Gasteiger partial charge in [-0.1, -0.05) is 12.1 Å². The predicted molar refractivity (Wildman–Crippen MR) is 102 cm³/mol. The van der Waals surface area contributed by atoms with Crippen molar-refractivity contribution in [2.45, 2.75) is 32.9 Å². The molecule has 0 unspecified atom stereocenters. The highest BCUT2D eigenvalue weighted by molar-refractivity contribution is 8.00. The smallest absolute Gasteiger partial charge is 0.229 e. The van der Waals surface area contributed by atoms with Crippen LogP contribution in [-0.4, -0.2) is 45.5 Å². The molecule has 1 heterocycles. The molecule has 6 nitrogen and oxygen atoms in total. The van der Waals surface area contributed by atoms with Crippen molar-refractivity contribution in [3.63, 3.8) is 0 Å². The number of nitrogens with one attached hydrogen (secondary N) is 2. The third-order valence-electron chi connectivity index (χ3n) is 3.48. The minimum Gasteiger partial charge on any atom is -0.355 e. The van der Waals surface area contributed by atoms with Crippen molar-refractivity contribution in [1.82, 2.24) is 20.2 Å². The summed E-state index contributed by atoms with van der Waals surface area (Å²) >= 11 is 1.43. The van der Waals surface area contributed by atoms with E-state index in [4.69, 9.17) is 0 Å². The molecule has 7 heteroatoms. The van der Waals surface area contributed by atoms with Crippen molar-refractivity contribution in [1.29, 1.82) is 0 Å². The molecule has 0 atom stereocenters. The molecule has 25 heavy (non-hydrogen) atoms. The molecule has 0 fully saturated rings. The number of hydrogen-bond donors (Lipinski definition) is 2. The zero-order valence-corrected chi connectivity index (χ0v) is 15.5. The van der Waals surface area contributed by atoms with Crippen LogP contribution < -0.4 is 10.6 Å². The van der Waals surface area contributed by atoms with Crippen molar-refractivity contribution < 1.29 is 9.59 Å². The van der Waals surface area contributed by atoms with Gasteiger partial charge in [-0.15, -0.1) is 0 Å². The van der Waals surface area contributed by atoms with Crippen molar-refractivity contribution in [3.8, 4) is 0 Å². The quantitative estimate of drug-likeness (QED) is 0.635.